The Labute approximate surface area is 522 Å². The number of rotatable bonds is 53. The van der Waals surface area contributed by atoms with E-state index in [2.05, 4.69) is 42.5 Å². The molecule has 2 heterocycles. The maximum absolute atomic E-state index is 13.0. The summed E-state index contributed by atoms with van der Waals surface area (Å²) in [6.45, 7) is 5.98. The van der Waals surface area contributed by atoms with Crippen molar-refractivity contribution < 1.29 is 112 Å². The fourth-order valence-corrected chi connectivity index (χ4v) is 9.25. The maximum atomic E-state index is 13.0. The van der Waals surface area contributed by atoms with Crippen LogP contribution < -0.4 is 42.5 Å². The number of carbonyl (C=O) groups excluding carboxylic acids is 8. The van der Waals surface area contributed by atoms with Crippen molar-refractivity contribution in [2.45, 2.75) is 197 Å². The summed E-state index contributed by atoms with van der Waals surface area (Å²) >= 11 is 0. The minimum absolute atomic E-state index is 0.0994. The van der Waals surface area contributed by atoms with Gasteiger partial charge in [0, 0.05) is 118 Å². The van der Waals surface area contributed by atoms with E-state index in [1.54, 1.807) is 7.11 Å². The zero-order valence-corrected chi connectivity index (χ0v) is 52.4. The van der Waals surface area contributed by atoms with Crippen LogP contribution >= 0.6 is 0 Å². The molecule has 0 aromatic carbocycles. The van der Waals surface area contributed by atoms with Crippen LogP contribution in [0.3, 0.4) is 0 Å². The second-order valence-corrected chi connectivity index (χ2v) is 21.7. The highest BCUT2D eigenvalue weighted by atomic mass is 16.7. The van der Waals surface area contributed by atoms with E-state index in [0.29, 0.717) is 71.1 Å². The molecule has 0 aromatic heterocycles. The Balaban J connectivity index is 1.52. The quantitative estimate of drug-likeness (QED) is 0.0265. The van der Waals surface area contributed by atoms with E-state index in [1.807, 2.05) is 0 Å². The first-order valence-electron chi connectivity index (χ1n) is 31.4. The van der Waals surface area contributed by atoms with Crippen LogP contribution in [0.2, 0.25) is 0 Å². The van der Waals surface area contributed by atoms with Gasteiger partial charge in [-0.3, -0.25) is 38.4 Å². The largest absolute Gasteiger partial charge is 0.394 e. The number of amides is 8. The van der Waals surface area contributed by atoms with Gasteiger partial charge in [-0.2, -0.15) is 0 Å². The number of hydrogen-bond acceptors (Lipinski definition) is 23. The van der Waals surface area contributed by atoms with E-state index < -0.39 is 92.4 Å². The second kappa shape index (κ2) is 50.8. The van der Waals surface area contributed by atoms with Gasteiger partial charge in [-0.15, -0.1) is 0 Å². The number of nitrogens with one attached hydrogen (secondary N) is 8. The van der Waals surface area contributed by atoms with Gasteiger partial charge in [-0.25, -0.2) is 0 Å². The van der Waals surface area contributed by atoms with E-state index in [0.717, 1.165) is 25.7 Å². The Morgan fingerprint density at radius 3 is 1.26 bits per heavy atom. The SMILES string of the molecule is COCCCCCCNC(=O)C[C@H](CCCCNC(=O)CCOCCOCCNC(=O)CCCCO[C@@H]1OC(CO)[C@H](O)[C@H](O)C1NC(C)=O)NC(=O)CCCNC(=O)CCOCCOCCNC(=O)CCCCO[C@@H]1OC(CO)[C@H](O)[C@H](O)C1NC(C)=O. The molecule has 11 atom stereocenters. The number of aliphatic hydroxyl groups is 6. The monoisotopic (exact) mass is 1280 g/mol. The van der Waals surface area contributed by atoms with Crippen molar-refractivity contribution in [3.8, 4) is 0 Å². The lowest BCUT2D eigenvalue weighted by atomic mass is 9.97. The van der Waals surface area contributed by atoms with Crippen LogP contribution in [0, 0.1) is 0 Å². The minimum Gasteiger partial charge on any atom is -0.394 e. The summed E-state index contributed by atoms with van der Waals surface area (Å²) in [5.74, 6) is -2.13. The summed E-state index contributed by atoms with van der Waals surface area (Å²) in [7, 11) is 1.66. The van der Waals surface area contributed by atoms with Gasteiger partial charge in [0.15, 0.2) is 12.6 Å². The molecule has 0 saturated carbocycles. The lowest BCUT2D eigenvalue weighted by molar-refractivity contribution is -0.270. The molecule has 2 saturated heterocycles. The van der Waals surface area contributed by atoms with Gasteiger partial charge in [0.25, 0.3) is 0 Å². The molecule has 14 N–H and O–H groups in total. The Morgan fingerprint density at radius 2 is 0.798 bits per heavy atom. The molecule has 0 radical (unpaired) electrons. The molecule has 89 heavy (non-hydrogen) atoms. The molecule has 2 fully saturated rings. The van der Waals surface area contributed by atoms with E-state index in [9.17, 15) is 69.0 Å². The van der Waals surface area contributed by atoms with Crippen molar-refractivity contribution in [3.05, 3.63) is 0 Å². The van der Waals surface area contributed by atoms with Crippen LogP contribution in [-0.4, -0.2) is 271 Å². The highest BCUT2D eigenvalue weighted by molar-refractivity contribution is 5.80. The third-order valence-electron chi connectivity index (χ3n) is 14.1. The molecule has 4 unspecified atom stereocenters. The smallest absolute Gasteiger partial charge is 0.222 e. The summed E-state index contributed by atoms with van der Waals surface area (Å²) < 4.78 is 49.5. The number of hydrogen-bond donors (Lipinski definition) is 14. The summed E-state index contributed by atoms with van der Waals surface area (Å²) in [4.78, 5) is 98.4. The molecule has 2 rings (SSSR count). The lowest BCUT2D eigenvalue weighted by Gasteiger charge is -2.42. The van der Waals surface area contributed by atoms with Gasteiger partial charge in [0.05, 0.1) is 66.1 Å². The molecule has 2 aliphatic rings. The molecule has 516 valence electrons. The van der Waals surface area contributed by atoms with Crippen molar-refractivity contribution in [1.82, 2.24) is 42.5 Å². The van der Waals surface area contributed by atoms with Gasteiger partial charge < -0.3 is 116 Å². The third-order valence-corrected chi connectivity index (χ3v) is 14.1. The third kappa shape index (κ3) is 38.6. The van der Waals surface area contributed by atoms with Crippen LogP contribution in [0.25, 0.3) is 0 Å². The first-order valence-corrected chi connectivity index (χ1v) is 31.4. The standard InChI is InChI=1S/C58H106N8O23/c1-40(69)64-51-55(79)53(77)43(38-67)88-57(51)86-27-12-7-16-45(71)62-24-31-84-35-33-82-29-19-47(73)59-22-10-6-15-42(37-50(76)61-21-9-4-5-11-26-81-3)66-49(75)18-14-23-60-48(74)20-30-83-34-36-85-32-25-63-46(72)17-8-13-28-87-58-52(65-41(2)70)56(80)54(78)44(39-68)89-58/h42-44,51-58,67-68,77-80H,4-39H2,1-3H3,(H,59,73)(H,60,74)(H,61,76)(H,62,71)(H,63,72)(H,64,69)(H,65,70)(H,66,75)/t42-,43?,44?,51?,52?,53-,54-,55+,56+,57+,58+/m0/s1. The average Bonchev–Trinajstić information content (AvgIpc) is 2.41. The molecule has 2 aliphatic heterocycles. The van der Waals surface area contributed by atoms with E-state index in [1.165, 1.54) is 13.8 Å². The van der Waals surface area contributed by atoms with Crippen molar-refractivity contribution in [2.24, 2.45) is 0 Å². The molecule has 31 nitrogen and oxygen atoms in total. The molecule has 8 amide bonds. The molecule has 0 bridgehead atoms. The van der Waals surface area contributed by atoms with Crippen molar-refractivity contribution in [3.63, 3.8) is 0 Å². The van der Waals surface area contributed by atoms with Crippen molar-refractivity contribution in [1.29, 1.82) is 0 Å². The van der Waals surface area contributed by atoms with Gasteiger partial charge in [-0.05, 0) is 64.2 Å². The number of aliphatic hydroxyl groups excluding tert-OH is 6. The number of methoxy groups -OCH3 is 1. The Kier molecular flexibility index (Phi) is 45.8. The molecule has 31 heteroatoms. The highest BCUT2D eigenvalue weighted by Gasteiger charge is 2.46. The summed E-state index contributed by atoms with van der Waals surface area (Å²) in [5, 5.41) is 82.0. The fraction of sp³-hybridized carbons (Fsp3) is 0.862. The first-order chi connectivity index (χ1) is 42.9. The highest BCUT2D eigenvalue weighted by Crippen LogP contribution is 2.24. The first kappa shape index (κ1) is 80.3. The number of carbonyl (C=O) groups is 8. The van der Waals surface area contributed by atoms with E-state index in [-0.39, 0.29) is 160 Å². The molecule has 0 aliphatic carbocycles. The van der Waals surface area contributed by atoms with Gasteiger partial charge >= 0.3 is 0 Å². The van der Waals surface area contributed by atoms with Crippen molar-refractivity contribution in [2.75, 3.05) is 126 Å². The molecular weight excluding hydrogens is 1180 g/mol. The molecular formula is C58H106N8O23. The molecule has 0 aromatic rings. The van der Waals surface area contributed by atoms with Crippen LogP contribution in [0.1, 0.15) is 129 Å². The number of ether oxygens (including phenoxy) is 9. The zero-order valence-electron chi connectivity index (χ0n) is 52.4. The Hall–Kier alpha value is -4.84. The topological polar surface area (TPSA) is 437 Å². The average molecular weight is 1280 g/mol. The predicted octanol–water partition coefficient (Wildman–Crippen LogP) is -3.29. The van der Waals surface area contributed by atoms with Crippen LogP contribution in [0.15, 0.2) is 0 Å². The zero-order chi connectivity index (χ0) is 65.4. The van der Waals surface area contributed by atoms with Crippen LogP contribution in [-0.2, 0) is 81.0 Å². The lowest BCUT2D eigenvalue weighted by Crippen LogP contribution is -2.64. The minimum atomic E-state index is -1.41. The fourth-order valence-electron chi connectivity index (χ4n) is 9.25. The summed E-state index contributed by atoms with van der Waals surface area (Å²) in [6, 6.07) is -2.50. The molecule has 0 spiro atoms. The van der Waals surface area contributed by atoms with Crippen LogP contribution in [0.4, 0.5) is 0 Å². The Morgan fingerprint density at radius 1 is 0.404 bits per heavy atom. The number of unbranched alkanes of at least 4 members (excludes halogenated alkanes) is 6. The van der Waals surface area contributed by atoms with Gasteiger partial charge in [-0.1, -0.05) is 12.8 Å². The normalized spacial score (nSPS) is 21.9. The van der Waals surface area contributed by atoms with Crippen LogP contribution in [0.5, 0.6) is 0 Å². The maximum Gasteiger partial charge on any atom is 0.222 e. The van der Waals surface area contributed by atoms with Gasteiger partial charge in [0.1, 0.15) is 48.7 Å². The van der Waals surface area contributed by atoms with E-state index >= 15 is 0 Å². The summed E-state index contributed by atoms with van der Waals surface area (Å²) in [6.07, 6.45) is -1.31. The summed E-state index contributed by atoms with van der Waals surface area (Å²) in [5.41, 5.74) is 0. The van der Waals surface area contributed by atoms with Gasteiger partial charge in [0.2, 0.25) is 47.3 Å². The van der Waals surface area contributed by atoms with E-state index in [4.69, 9.17) is 42.6 Å². The van der Waals surface area contributed by atoms with Crippen molar-refractivity contribution >= 4 is 47.3 Å². The second-order valence-electron chi connectivity index (χ2n) is 21.7. The predicted molar refractivity (Wildman–Crippen MR) is 318 cm³/mol. The Bertz CT molecular complexity index is 1970.